The SMILES string of the molecule is O=C(OC(C(F)(F)F)C(F)(F)F)N1CCC(CNS(=O)(=O)c2ccc(Cl)nc2)CC1. The van der Waals surface area contributed by atoms with Crippen molar-refractivity contribution in [1.29, 1.82) is 0 Å². The molecule has 0 aliphatic carbocycles. The number of sulfonamides is 1. The molecular formula is C15H16ClF6N3O4S. The van der Waals surface area contributed by atoms with Crippen LogP contribution in [0.15, 0.2) is 23.2 Å². The molecule has 1 aliphatic rings. The lowest BCUT2D eigenvalue weighted by molar-refractivity contribution is -0.308. The number of hydrogen-bond donors (Lipinski definition) is 1. The van der Waals surface area contributed by atoms with E-state index >= 15 is 0 Å². The van der Waals surface area contributed by atoms with Crippen molar-refractivity contribution in [3.8, 4) is 0 Å². The van der Waals surface area contributed by atoms with Crippen LogP contribution in [0.1, 0.15) is 12.8 Å². The Balaban J connectivity index is 1.87. The lowest BCUT2D eigenvalue weighted by Crippen LogP contribution is -2.49. The van der Waals surface area contributed by atoms with Gasteiger partial charge in [0.25, 0.3) is 6.10 Å². The molecular weight excluding hydrogens is 468 g/mol. The van der Waals surface area contributed by atoms with Gasteiger partial charge in [0.1, 0.15) is 10.0 Å². The number of likely N-dealkylation sites (tertiary alicyclic amines) is 1. The number of pyridine rings is 1. The van der Waals surface area contributed by atoms with Gasteiger partial charge in [-0.2, -0.15) is 26.3 Å². The van der Waals surface area contributed by atoms with Gasteiger partial charge in [-0.1, -0.05) is 11.6 Å². The summed E-state index contributed by atoms with van der Waals surface area (Å²) < 4.78 is 105. The number of carbonyl (C=O) groups is 1. The van der Waals surface area contributed by atoms with E-state index in [0.717, 1.165) is 11.1 Å². The Bertz CT molecular complexity index is 825. The zero-order valence-electron chi connectivity index (χ0n) is 15.0. The van der Waals surface area contributed by atoms with E-state index in [1.807, 2.05) is 0 Å². The van der Waals surface area contributed by atoms with Crippen molar-refractivity contribution in [1.82, 2.24) is 14.6 Å². The zero-order valence-corrected chi connectivity index (χ0v) is 16.6. The van der Waals surface area contributed by atoms with Crippen molar-refractivity contribution in [2.24, 2.45) is 5.92 Å². The van der Waals surface area contributed by atoms with Gasteiger partial charge in [0.2, 0.25) is 10.0 Å². The molecule has 1 aliphatic heterocycles. The highest BCUT2D eigenvalue weighted by Crippen LogP contribution is 2.36. The minimum Gasteiger partial charge on any atom is -0.426 e. The summed E-state index contributed by atoms with van der Waals surface area (Å²) in [6.45, 7) is -0.409. The van der Waals surface area contributed by atoms with E-state index in [1.165, 1.54) is 12.1 Å². The summed E-state index contributed by atoms with van der Waals surface area (Å²) in [5, 5.41) is 0.103. The first-order chi connectivity index (χ1) is 13.7. The molecule has 1 aromatic rings. The molecule has 0 atom stereocenters. The quantitative estimate of drug-likeness (QED) is 0.512. The van der Waals surface area contributed by atoms with Crippen LogP contribution in [0.5, 0.6) is 0 Å². The van der Waals surface area contributed by atoms with Gasteiger partial charge in [-0.15, -0.1) is 0 Å². The topological polar surface area (TPSA) is 88.6 Å². The number of hydrogen-bond acceptors (Lipinski definition) is 5. The van der Waals surface area contributed by atoms with Crippen molar-refractivity contribution >= 4 is 27.7 Å². The Hall–Kier alpha value is -1.80. The Labute approximate surface area is 172 Å². The molecule has 0 radical (unpaired) electrons. The number of halogens is 7. The summed E-state index contributed by atoms with van der Waals surface area (Å²) in [5.74, 6) is -0.287. The lowest BCUT2D eigenvalue weighted by atomic mass is 9.97. The number of amides is 1. The summed E-state index contributed by atoms with van der Waals surface area (Å²) in [6, 6.07) is 2.53. The van der Waals surface area contributed by atoms with Crippen LogP contribution >= 0.6 is 11.6 Å². The molecule has 1 saturated heterocycles. The molecule has 0 bridgehead atoms. The number of alkyl halides is 6. The maximum absolute atomic E-state index is 12.5. The number of nitrogens with zero attached hydrogens (tertiary/aromatic N) is 2. The van der Waals surface area contributed by atoms with Crippen LogP contribution in [0.25, 0.3) is 0 Å². The van der Waals surface area contributed by atoms with Gasteiger partial charge in [0.15, 0.2) is 0 Å². The van der Waals surface area contributed by atoms with Crippen LogP contribution in [0.2, 0.25) is 5.15 Å². The first-order valence-electron chi connectivity index (χ1n) is 8.40. The van der Waals surface area contributed by atoms with Crippen LogP contribution in [0.4, 0.5) is 31.1 Å². The van der Waals surface area contributed by atoms with Gasteiger partial charge in [-0.25, -0.2) is 22.9 Å². The largest absolute Gasteiger partial charge is 0.434 e. The second-order valence-corrected chi connectivity index (χ2v) is 8.60. The summed E-state index contributed by atoms with van der Waals surface area (Å²) in [4.78, 5) is 16.0. The highest BCUT2D eigenvalue weighted by atomic mass is 35.5. The smallest absolute Gasteiger partial charge is 0.426 e. The number of aromatic nitrogens is 1. The monoisotopic (exact) mass is 483 g/mol. The maximum atomic E-state index is 12.5. The molecule has 1 N–H and O–H groups in total. The first kappa shape index (κ1) is 24.5. The standard InChI is InChI=1S/C15H16ClF6N3O4S/c16-11-2-1-10(8-23-11)30(27,28)24-7-9-3-5-25(6-4-9)13(26)29-12(14(17,18)19)15(20,21)22/h1-2,8-9,12,24H,3-7H2. The van der Waals surface area contributed by atoms with Gasteiger partial charge < -0.3 is 9.64 Å². The van der Waals surface area contributed by atoms with E-state index < -0.39 is 34.6 Å². The second kappa shape index (κ2) is 9.14. The molecule has 15 heteroatoms. The van der Waals surface area contributed by atoms with E-state index in [-0.39, 0.29) is 48.4 Å². The molecule has 1 fully saturated rings. The minimum atomic E-state index is -5.79. The van der Waals surface area contributed by atoms with Crippen molar-refractivity contribution in [2.75, 3.05) is 19.6 Å². The predicted molar refractivity (Wildman–Crippen MR) is 91.1 cm³/mol. The fourth-order valence-corrected chi connectivity index (χ4v) is 3.82. The molecule has 0 saturated carbocycles. The Morgan fingerprint density at radius 3 is 2.23 bits per heavy atom. The third kappa shape index (κ3) is 6.60. The molecule has 30 heavy (non-hydrogen) atoms. The van der Waals surface area contributed by atoms with Crippen LogP contribution in [-0.2, 0) is 14.8 Å². The Kier molecular flexibility index (Phi) is 7.45. The summed E-state index contributed by atoms with van der Waals surface area (Å²) in [5.41, 5.74) is 0. The van der Waals surface area contributed by atoms with Gasteiger partial charge in [-0.3, -0.25) is 0 Å². The van der Waals surface area contributed by atoms with Crippen molar-refractivity contribution in [3.63, 3.8) is 0 Å². The van der Waals surface area contributed by atoms with Gasteiger partial charge >= 0.3 is 18.4 Å². The number of nitrogens with one attached hydrogen (secondary N) is 1. The fraction of sp³-hybridized carbons (Fsp3) is 0.600. The van der Waals surface area contributed by atoms with Gasteiger partial charge in [0.05, 0.1) is 0 Å². The van der Waals surface area contributed by atoms with E-state index in [4.69, 9.17) is 11.6 Å². The van der Waals surface area contributed by atoms with Crippen LogP contribution < -0.4 is 4.72 Å². The molecule has 7 nitrogen and oxygen atoms in total. The minimum absolute atomic E-state index is 0.0401. The van der Waals surface area contributed by atoms with Crippen LogP contribution in [-0.4, -0.2) is 62.5 Å². The molecule has 0 unspecified atom stereocenters. The molecule has 170 valence electrons. The third-order valence-electron chi connectivity index (χ3n) is 4.26. The van der Waals surface area contributed by atoms with Crippen LogP contribution in [0, 0.1) is 5.92 Å². The van der Waals surface area contributed by atoms with E-state index in [9.17, 15) is 39.6 Å². The third-order valence-corrected chi connectivity index (χ3v) is 5.89. The highest BCUT2D eigenvalue weighted by Gasteiger charge is 2.60. The van der Waals surface area contributed by atoms with E-state index in [0.29, 0.717) is 0 Å². The number of rotatable bonds is 5. The number of carbonyl (C=O) groups excluding carboxylic acids is 1. The summed E-state index contributed by atoms with van der Waals surface area (Å²) in [6.07, 6.45) is -16.2. The van der Waals surface area contributed by atoms with Crippen LogP contribution in [0.3, 0.4) is 0 Å². The normalized spacial score (nSPS) is 16.7. The van der Waals surface area contributed by atoms with Crippen molar-refractivity contribution in [2.45, 2.75) is 36.2 Å². The zero-order chi connectivity index (χ0) is 22.7. The molecule has 1 amide bonds. The number of ether oxygens (including phenoxy) is 1. The molecule has 0 aromatic carbocycles. The lowest BCUT2D eigenvalue weighted by Gasteiger charge is -2.33. The summed E-state index contributed by atoms with van der Waals surface area (Å²) in [7, 11) is -3.88. The number of piperidine rings is 1. The molecule has 1 aromatic heterocycles. The summed E-state index contributed by atoms with van der Waals surface area (Å²) >= 11 is 5.59. The van der Waals surface area contributed by atoms with E-state index in [2.05, 4.69) is 14.4 Å². The fourth-order valence-electron chi connectivity index (χ4n) is 2.65. The Morgan fingerprint density at radius 1 is 1.20 bits per heavy atom. The van der Waals surface area contributed by atoms with Crippen molar-refractivity contribution in [3.05, 3.63) is 23.5 Å². The molecule has 2 rings (SSSR count). The van der Waals surface area contributed by atoms with Gasteiger partial charge in [-0.05, 0) is 30.9 Å². The average molecular weight is 484 g/mol. The highest BCUT2D eigenvalue weighted by molar-refractivity contribution is 7.89. The van der Waals surface area contributed by atoms with Crippen molar-refractivity contribution < 1.29 is 44.3 Å². The molecule has 2 heterocycles. The Morgan fingerprint density at radius 2 is 1.77 bits per heavy atom. The predicted octanol–water partition coefficient (Wildman–Crippen LogP) is 3.36. The maximum Gasteiger partial charge on any atom is 0.434 e. The first-order valence-corrected chi connectivity index (χ1v) is 10.3. The second-order valence-electron chi connectivity index (χ2n) is 6.45. The van der Waals surface area contributed by atoms with Gasteiger partial charge in [0, 0.05) is 25.8 Å². The van der Waals surface area contributed by atoms with E-state index in [1.54, 1.807) is 0 Å². The molecule has 0 spiro atoms. The average Bonchev–Trinajstić information content (AvgIpc) is 2.63.